The number of carbonyl (C=O) groups is 1. The predicted octanol–water partition coefficient (Wildman–Crippen LogP) is 5.99. The Labute approximate surface area is 508 Å². The molecule has 20 nitrogen and oxygen atoms in total. The second-order valence-corrected chi connectivity index (χ2v) is 21.9. The van der Waals surface area contributed by atoms with E-state index in [0.717, 1.165) is 27.8 Å². The van der Waals surface area contributed by atoms with Crippen LogP contribution in [0.25, 0.3) is 0 Å². The van der Waals surface area contributed by atoms with Crippen molar-refractivity contribution in [3.05, 3.63) is 205 Å². The highest BCUT2D eigenvalue weighted by Crippen LogP contribution is 2.39. The molecule has 9 rings (SSSR count). The Balaban J connectivity index is 1.14. The van der Waals surface area contributed by atoms with E-state index in [4.69, 9.17) is 66.3 Å². The van der Waals surface area contributed by atoms with E-state index in [1.807, 2.05) is 152 Å². The molecule has 20 atom stereocenters. The first-order valence-electron chi connectivity index (χ1n) is 29.6. The van der Waals surface area contributed by atoms with Gasteiger partial charge >= 0.3 is 0 Å². The van der Waals surface area contributed by atoms with E-state index < -0.39 is 135 Å². The summed E-state index contributed by atoms with van der Waals surface area (Å²) in [5, 5.41) is 48.1. The third-order valence-electron chi connectivity index (χ3n) is 15.5. The van der Waals surface area contributed by atoms with Gasteiger partial charge in [-0.15, -0.1) is 13.2 Å². The maximum absolute atomic E-state index is 12.7. The number of ether oxygens (including phenoxy) is 14. The maximum Gasteiger partial charge on any atom is 0.217 e. The Morgan fingerprint density at radius 2 is 0.862 bits per heavy atom. The molecule has 5 N–H and O–H groups in total. The van der Waals surface area contributed by atoms with E-state index in [0.29, 0.717) is 0 Å². The van der Waals surface area contributed by atoms with E-state index in [2.05, 4.69) is 18.5 Å². The van der Waals surface area contributed by atoms with Crippen molar-refractivity contribution >= 4 is 5.91 Å². The van der Waals surface area contributed by atoms with Crippen LogP contribution in [0.3, 0.4) is 0 Å². The summed E-state index contributed by atoms with van der Waals surface area (Å²) < 4.78 is 95.1. The summed E-state index contributed by atoms with van der Waals surface area (Å²) in [6.45, 7) is 12.5. The van der Waals surface area contributed by atoms with Crippen molar-refractivity contribution in [3.8, 4) is 0 Å². The molecule has 4 heterocycles. The highest BCUT2D eigenvalue weighted by Gasteiger charge is 2.57. The van der Waals surface area contributed by atoms with Gasteiger partial charge in [-0.25, -0.2) is 0 Å². The van der Waals surface area contributed by atoms with Gasteiger partial charge in [0.15, 0.2) is 25.2 Å². The molecular weight excluding hydrogens is 1120 g/mol. The fourth-order valence-corrected chi connectivity index (χ4v) is 11.2. The smallest absolute Gasteiger partial charge is 0.217 e. The van der Waals surface area contributed by atoms with Crippen LogP contribution in [0.5, 0.6) is 0 Å². The standard InChI is InChI=1S/C67H83NO19/c1-6-33-75-55-43(4)82-67(63(58(55)76-34-7-2)87-65-52(68-44(5)70)54(72)53(71)50(35-69)83-65)86-61-60(56(42(3)81-64(61)73)77-37-46-25-15-9-16-26-46)85-66-62(80-40-49-31-21-12-22-32-49)59(79-39-48-29-19-11-20-30-48)57(78-38-47-27-17-10-18-28-47)51(84-66)41-74-36-45-23-13-8-14-24-45/h6-32,42-43,50-67,69,71-73H,1-2,33-41H2,3-5H3,(H,68,70)/t42-,43-,50+,51+,52-,53+,54+,55-,56-,57+,58+,59-,60+,61+,62+,63+,64+,65-,66+,67-/m0/s1. The summed E-state index contributed by atoms with van der Waals surface area (Å²) in [6, 6.07) is 47.1. The van der Waals surface area contributed by atoms with Crippen LogP contribution in [0.4, 0.5) is 0 Å². The van der Waals surface area contributed by atoms with Crippen LogP contribution < -0.4 is 5.32 Å². The molecule has 4 aliphatic rings. The lowest BCUT2D eigenvalue weighted by atomic mass is 9.95. The molecule has 87 heavy (non-hydrogen) atoms. The lowest BCUT2D eigenvalue weighted by Crippen LogP contribution is -2.69. The zero-order valence-electron chi connectivity index (χ0n) is 49.3. The van der Waals surface area contributed by atoms with Gasteiger partial charge in [0.05, 0.1) is 71.7 Å². The van der Waals surface area contributed by atoms with Crippen molar-refractivity contribution < 1.29 is 91.5 Å². The fourth-order valence-electron chi connectivity index (χ4n) is 11.2. The van der Waals surface area contributed by atoms with Crippen molar-refractivity contribution in [2.45, 2.75) is 177 Å². The van der Waals surface area contributed by atoms with Crippen LogP contribution >= 0.6 is 0 Å². The van der Waals surface area contributed by atoms with E-state index in [9.17, 15) is 25.2 Å². The Morgan fingerprint density at radius 3 is 1.37 bits per heavy atom. The summed E-state index contributed by atoms with van der Waals surface area (Å²) in [7, 11) is 0. The van der Waals surface area contributed by atoms with Crippen LogP contribution in [0.1, 0.15) is 48.6 Å². The van der Waals surface area contributed by atoms with Gasteiger partial charge in [0.1, 0.15) is 85.4 Å². The fraction of sp³-hybridized carbons (Fsp3) is 0.478. The van der Waals surface area contributed by atoms with Crippen LogP contribution in [-0.4, -0.2) is 176 Å². The van der Waals surface area contributed by atoms with Gasteiger partial charge in [-0.1, -0.05) is 164 Å². The lowest BCUT2D eigenvalue weighted by molar-refractivity contribution is -0.403. The molecule has 5 aromatic rings. The van der Waals surface area contributed by atoms with Gasteiger partial charge in [-0.05, 0) is 41.7 Å². The van der Waals surface area contributed by atoms with Crippen LogP contribution in [-0.2, 0) is 104 Å². The van der Waals surface area contributed by atoms with E-state index in [-0.39, 0.29) is 52.9 Å². The number of aliphatic hydroxyl groups is 4. The van der Waals surface area contributed by atoms with Crippen LogP contribution in [0.15, 0.2) is 177 Å². The van der Waals surface area contributed by atoms with Crippen LogP contribution in [0, 0.1) is 0 Å². The molecule has 1 amide bonds. The molecule has 4 saturated heterocycles. The average Bonchev–Trinajstić information content (AvgIpc) is 1.27. The largest absolute Gasteiger partial charge is 0.394 e. The highest BCUT2D eigenvalue weighted by atomic mass is 16.8. The van der Waals surface area contributed by atoms with Crippen molar-refractivity contribution in [2.75, 3.05) is 26.4 Å². The number of carbonyl (C=O) groups excluding carboxylic acids is 1. The second-order valence-electron chi connectivity index (χ2n) is 21.9. The molecule has 0 radical (unpaired) electrons. The monoisotopic (exact) mass is 1210 g/mol. The van der Waals surface area contributed by atoms with E-state index in [1.165, 1.54) is 13.0 Å². The highest BCUT2D eigenvalue weighted by molar-refractivity contribution is 5.73. The Kier molecular flexibility index (Phi) is 25.1. The number of nitrogens with one attached hydrogen (secondary N) is 1. The third-order valence-corrected chi connectivity index (χ3v) is 15.5. The van der Waals surface area contributed by atoms with Crippen molar-refractivity contribution in [3.63, 3.8) is 0 Å². The molecule has 470 valence electrons. The van der Waals surface area contributed by atoms with Crippen molar-refractivity contribution in [1.29, 1.82) is 0 Å². The Morgan fingerprint density at radius 1 is 0.460 bits per heavy atom. The minimum absolute atomic E-state index is 0.00503. The molecule has 20 heteroatoms. The quantitative estimate of drug-likeness (QED) is 0.0332. The SMILES string of the molecule is C=CCO[C@@H]1[C@@H](OCC=C)[C@H](C)O[C@@H](O[C@@H]2[C@H](O[C@H]3O[C@H](COCc4ccccc4)[C@@H](OCc4ccccc4)[C@H](OCc4ccccc4)[C@H]3OCc3ccccc3)[C@@H](OCc3ccccc3)[C@H](C)O[C@H]2O)[C@@H]1O[C@@H]1O[C@H](CO)[C@@H](O)[C@H](O)[C@@H]1NC(C)=O. The Hall–Kier alpha value is -5.67. The molecule has 0 spiro atoms. The molecule has 5 aromatic carbocycles. The molecular formula is C67H83NO19. The third kappa shape index (κ3) is 17.8. The molecule has 0 aromatic heterocycles. The minimum atomic E-state index is -1.76. The summed E-state index contributed by atoms with van der Waals surface area (Å²) in [5.41, 5.74) is 4.41. The molecule has 0 aliphatic carbocycles. The van der Waals surface area contributed by atoms with Gasteiger partial charge < -0.3 is 92.1 Å². The summed E-state index contributed by atoms with van der Waals surface area (Å²) in [6.07, 6.45) is -20.6. The lowest BCUT2D eigenvalue weighted by Gasteiger charge is -2.51. The predicted molar refractivity (Wildman–Crippen MR) is 316 cm³/mol. The zero-order chi connectivity index (χ0) is 61.1. The topological polar surface area (TPSA) is 239 Å². The molecule has 4 fully saturated rings. The number of amides is 1. The average molecular weight is 1210 g/mol. The molecule has 0 unspecified atom stereocenters. The van der Waals surface area contributed by atoms with Crippen molar-refractivity contribution in [1.82, 2.24) is 5.32 Å². The number of rotatable bonds is 30. The summed E-state index contributed by atoms with van der Waals surface area (Å²) >= 11 is 0. The molecule has 0 saturated carbocycles. The number of aliphatic hydroxyl groups excluding tert-OH is 4. The number of hydrogen-bond donors (Lipinski definition) is 5. The first-order valence-corrected chi connectivity index (χ1v) is 29.6. The first-order chi connectivity index (χ1) is 42.4. The normalized spacial score (nSPS) is 32.7. The van der Waals surface area contributed by atoms with Gasteiger partial charge in [0.25, 0.3) is 0 Å². The molecule has 0 bridgehead atoms. The Bertz CT molecular complexity index is 2790. The number of hydrogen-bond acceptors (Lipinski definition) is 19. The zero-order valence-corrected chi connectivity index (χ0v) is 49.3. The van der Waals surface area contributed by atoms with Crippen LogP contribution in [0.2, 0.25) is 0 Å². The van der Waals surface area contributed by atoms with Gasteiger partial charge in [-0.3, -0.25) is 4.79 Å². The summed E-state index contributed by atoms with van der Waals surface area (Å²) in [4.78, 5) is 12.7. The number of benzene rings is 5. The summed E-state index contributed by atoms with van der Waals surface area (Å²) in [5.74, 6) is -0.584. The maximum atomic E-state index is 12.7. The van der Waals surface area contributed by atoms with Gasteiger partial charge in [-0.2, -0.15) is 0 Å². The van der Waals surface area contributed by atoms with Gasteiger partial charge in [0, 0.05) is 6.92 Å². The first kappa shape index (κ1) is 65.8. The van der Waals surface area contributed by atoms with E-state index >= 15 is 0 Å². The molecule has 4 aliphatic heterocycles. The van der Waals surface area contributed by atoms with Gasteiger partial charge in [0.2, 0.25) is 5.91 Å². The van der Waals surface area contributed by atoms with E-state index in [1.54, 1.807) is 19.9 Å². The second kappa shape index (κ2) is 33.2. The van der Waals surface area contributed by atoms with Crippen molar-refractivity contribution in [2.24, 2.45) is 0 Å². The minimum Gasteiger partial charge on any atom is -0.394 e.